The number of urea groups is 1. The molecule has 134 valence electrons. The number of nitrogens with two attached hydrogens (primary N) is 1. The smallest absolute Gasteiger partial charge is 0.325 e. The molecule has 0 aromatic heterocycles. The minimum Gasteiger partial charge on any atom is -0.366 e. The molecule has 0 spiro atoms. The van der Waals surface area contributed by atoms with Crippen molar-refractivity contribution < 1.29 is 23.2 Å². The van der Waals surface area contributed by atoms with Crippen molar-refractivity contribution in [3.05, 3.63) is 70.8 Å². The van der Waals surface area contributed by atoms with E-state index in [-0.39, 0.29) is 12.1 Å². The van der Waals surface area contributed by atoms with Crippen LogP contribution in [0.25, 0.3) is 0 Å². The molecule has 1 aliphatic heterocycles. The van der Waals surface area contributed by atoms with E-state index in [9.17, 15) is 23.2 Å². The van der Waals surface area contributed by atoms with Crippen molar-refractivity contribution in [2.75, 3.05) is 0 Å². The second kappa shape index (κ2) is 6.21. The van der Waals surface area contributed by atoms with Gasteiger partial charge in [0.05, 0.1) is 6.54 Å². The van der Waals surface area contributed by atoms with Crippen LogP contribution in [0.5, 0.6) is 0 Å². The molecular formula is C18H15F2N3O3. The summed E-state index contributed by atoms with van der Waals surface area (Å²) in [7, 11) is 0. The van der Waals surface area contributed by atoms with Gasteiger partial charge in [-0.25, -0.2) is 13.6 Å². The number of carbonyl (C=O) groups is 3. The summed E-state index contributed by atoms with van der Waals surface area (Å²) in [4.78, 5) is 37.1. The van der Waals surface area contributed by atoms with Crippen LogP contribution in [0.15, 0.2) is 42.5 Å². The zero-order valence-electron chi connectivity index (χ0n) is 13.8. The Morgan fingerprint density at radius 1 is 1.12 bits per heavy atom. The third-order valence-electron chi connectivity index (χ3n) is 4.35. The molecule has 2 aromatic carbocycles. The predicted octanol–water partition coefficient (Wildman–Crippen LogP) is 2.03. The molecule has 1 atom stereocenters. The van der Waals surface area contributed by atoms with Crippen molar-refractivity contribution in [1.82, 2.24) is 10.2 Å². The summed E-state index contributed by atoms with van der Waals surface area (Å²) < 4.78 is 26.7. The third kappa shape index (κ3) is 2.90. The fourth-order valence-electron chi connectivity index (χ4n) is 2.80. The van der Waals surface area contributed by atoms with Gasteiger partial charge in [-0.2, -0.15) is 0 Å². The van der Waals surface area contributed by atoms with Gasteiger partial charge in [0, 0.05) is 5.56 Å². The maximum Gasteiger partial charge on any atom is 0.325 e. The largest absolute Gasteiger partial charge is 0.366 e. The lowest BCUT2D eigenvalue weighted by Crippen LogP contribution is -2.41. The molecule has 0 aliphatic carbocycles. The van der Waals surface area contributed by atoms with Crippen LogP contribution in [0.2, 0.25) is 0 Å². The van der Waals surface area contributed by atoms with Gasteiger partial charge in [0.15, 0.2) is 11.6 Å². The molecule has 0 unspecified atom stereocenters. The van der Waals surface area contributed by atoms with Crippen LogP contribution in [0.4, 0.5) is 13.6 Å². The van der Waals surface area contributed by atoms with Crippen LogP contribution in [0, 0.1) is 11.6 Å². The van der Waals surface area contributed by atoms with Crippen molar-refractivity contribution in [1.29, 1.82) is 0 Å². The van der Waals surface area contributed by atoms with E-state index < -0.39 is 35.0 Å². The summed E-state index contributed by atoms with van der Waals surface area (Å²) in [6, 6.07) is 8.53. The van der Waals surface area contributed by atoms with E-state index in [0.29, 0.717) is 11.1 Å². The van der Waals surface area contributed by atoms with Crippen LogP contribution in [-0.4, -0.2) is 22.7 Å². The number of halogens is 2. The molecule has 0 saturated carbocycles. The van der Waals surface area contributed by atoms with Crippen molar-refractivity contribution >= 4 is 17.8 Å². The van der Waals surface area contributed by atoms with E-state index in [4.69, 9.17) is 5.73 Å². The molecule has 1 fully saturated rings. The highest BCUT2D eigenvalue weighted by Gasteiger charge is 2.49. The van der Waals surface area contributed by atoms with Crippen molar-refractivity contribution in [2.45, 2.75) is 19.0 Å². The van der Waals surface area contributed by atoms with E-state index in [1.807, 2.05) is 0 Å². The molecule has 1 aliphatic rings. The molecule has 1 heterocycles. The maximum atomic E-state index is 13.5. The molecule has 26 heavy (non-hydrogen) atoms. The zero-order chi connectivity index (χ0) is 19.1. The second-order valence-electron chi connectivity index (χ2n) is 6.14. The van der Waals surface area contributed by atoms with Crippen molar-refractivity contribution in [3.8, 4) is 0 Å². The number of hydrogen-bond donors (Lipinski definition) is 2. The Kier molecular flexibility index (Phi) is 4.19. The van der Waals surface area contributed by atoms with Gasteiger partial charge < -0.3 is 11.1 Å². The maximum absolute atomic E-state index is 13.5. The lowest BCUT2D eigenvalue weighted by molar-refractivity contribution is -0.131. The van der Waals surface area contributed by atoms with Gasteiger partial charge in [0.1, 0.15) is 5.54 Å². The highest BCUT2D eigenvalue weighted by Crippen LogP contribution is 2.30. The molecular weight excluding hydrogens is 344 g/mol. The number of rotatable bonds is 4. The van der Waals surface area contributed by atoms with Crippen molar-refractivity contribution in [3.63, 3.8) is 0 Å². The number of imide groups is 1. The van der Waals surface area contributed by atoms with Crippen LogP contribution >= 0.6 is 0 Å². The summed E-state index contributed by atoms with van der Waals surface area (Å²) in [6.45, 7) is 1.39. The Balaban J connectivity index is 1.86. The summed E-state index contributed by atoms with van der Waals surface area (Å²) in [5.41, 5.74) is 4.72. The standard InChI is InChI=1S/C18H15F2N3O3/c1-18(12-6-7-13(19)14(20)8-12)16(25)23(17(26)22-18)9-10-2-4-11(5-3-10)15(21)24/h2-8H,9H2,1H3,(H2,21,24)(H,22,26)/t18-/m0/s1. The first-order chi connectivity index (χ1) is 12.2. The molecule has 0 radical (unpaired) electrons. The molecule has 6 nitrogen and oxygen atoms in total. The Morgan fingerprint density at radius 3 is 2.35 bits per heavy atom. The number of carbonyl (C=O) groups excluding carboxylic acids is 3. The van der Waals surface area contributed by atoms with Crippen LogP contribution in [0.1, 0.15) is 28.4 Å². The first kappa shape index (κ1) is 17.5. The number of amides is 4. The SMILES string of the molecule is C[C@@]1(c2ccc(F)c(F)c2)NC(=O)N(Cc2ccc(C(N)=O)cc2)C1=O. The highest BCUT2D eigenvalue weighted by molar-refractivity contribution is 6.07. The first-order valence-electron chi connectivity index (χ1n) is 7.71. The summed E-state index contributed by atoms with van der Waals surface area (Å²) in [5, 5.41) is 2.52. The lowest BCUT2D eigenvalue weighted by atomic mass is 9.92. The molecule has 0 bridgehead atoms. The van der Waals surface area contributed by atoms with E-state index in [2.05, 4.69) is 5.32 Å². The van der Waals surface area contributed by atoms with Gasteiger partial charge in [0.25, 0.3) is 5.91 Å². The number of benzene rings is 2. The van der Waals surface area contributed by atoms with Gasteiger partial charge in [-0.3, -0.25) is 14.5 Å². The van der Waals surface area contributed by atoms with Gasteiger partial charge in [-0.05, 0) is 42.3 Å². The number of nitrogens with zero attached hydrogens (tertiary/aromatic N) is 1. The fraction of sp³-hybridized carbons (Fsp3) is 0.167. The zero-order valence-corrected chi connectivity index (χ0v) is 13.8. The number of primary amides is 1. The average Bonchev–Trinajstić information content (AvgIpc) is 2.82. The quantitative estimate of drug-likeness (QED) is 0.818. The van der Waals surface area contributed by atoms with Crippen molar-refractivity contribution in [2.24, 2.45) is 5.73 Å². The third-order valence-corrected chi connectivity index (χ3v) is 4.35. The molecule has 3 rings (SSSR count). The average molecular weight is 359 g/mol. The topological polar surface area (TPSA) is 92.5 Å². The number of hydrogen-bond acceptors (Lipinski definition) is 3. The van der Waals surface area contributed by atoms with Crippen LogP contribution < -0.4 is 11.1 Å². The Morgan fingerprint density at radius 2 is 1.77 bits per heavy atom. The minimum absolute atomic E-state index is 0.0387. The fourth-order valence-corrected chi connectivity index (χ4v) is 2.80. The number of nitrogens with one attached hydrogen (secondary N) is 1. The molecule has 8 heteroatoms. The summed E-state index contributed by atoms with van der Waals surface area (Å²) in [6.07, 6.45) is 0. The first-order valence-corrected chi connectivity index (χ1v) is 7.71. The van der Waals surface area contributed by atoms with Gasteiger partial charge in [-0.1, -0.05) is 18.2 Å². The Hall–Kier alpha value is -3.29. The highest BCUT2D eigenvalue weighted by atomic mass is 19.2. The molecule has 2 aromatic rings. The van der Waals surface area contributed by atoms with Gasteiger partial charge >= 0.3 is 6.03 Å². The summed E-state index contributed by atoms with van der Waals surface area (Å²) in [5.74, 6) is -3.32. The predicted molar refractivity (Wildman–Crippen MR) is 87.8 cm³/mol. The van der Waals surface area contributed by atoms with E-state index in [1.165, 1.54) is 25.1 Å². The lowest BCUT2D eigenvalue weighted by Gasteiger charge is -2.22. The van der Waals surface area contributed by atoms with Crippen LogP contribution in [-0.2, 0) is 16.9 Å². The van der Waals surface area contributed by atoms with E-state index in [0.717, 1.165) is 17.0 Å². The van der Waals surface area contributed by atoms with Gasteiger partial charge in [0.2, 0.25) is 5.91 Å². The Bertz CT molecular complexity index is 914. The Labute approximate surface area is 147 Å². The minimum atomic E-state index is -1.50. The summed E-state index contributed by atoms with van der Waals surface area (Å²) >= 11 is 0. The van der Waals surface area contributed by atoms with E-state index >= 15 is 0 Å². The monoisotopic (exact) mass is 359 g/mol. The molecule has 3 N–H and O–H groups in total. The van der Waals surface area contributed by atoms with Gasteiger partial charge in [-0.15, -0.1) is 0 Å². The second-order valence-corrected chi connectivity index (χ2v) is 6.14. The normalized spacial score (nSPS) is 19.6. The molecule has 1 saturated heterocycles. The van der Waals surface area contributed by atoms with E-state index in [1.54, 1.807) is 12.1 Å². The molecule has 4 amide bonds. The van der Waals surface area contributed by atoms with Crippen LogP contribution in [0.3, 0.4) is 0 Å².